The second-order valence-corrected chi connectivity index (χ2v) is 7.64. The summed E-state index contributed by atoms with van der Waals surface area (Å²) in [5.74, 6) is -1.29. The average Bonchev–Trinajstić information content (AvgIpc) is 2.67. The Hall–Kier alpha value is -3.31. The fourth-order valence-corrected chi connectivity index (χ4v) is 2.84. The van der Waals surface area contributed by atoms with Gasteiger partial charge in [0.1, 0.15) is 0 Å². The Bertz CT molecular complexity index is 1000. The zero-order chi connectivity index (χ0) is 21.6. The van der Waals surface area contributed by atoms with E-state index in [0.717, 1.165) is 5.56 Å². The monoisotopic (exact) mass is 421 g/mol. The lowest BCUT2D eigenvalue weighted by Gasteiger charge is -2.13. The number of rotatable bonds is 8. The quantitative estimate of drug-likeness (QED) is 0.367. The van der Waals surface area contributed by atoms with E-state index in [1.807, 2.05) is 0 Å². The van der Waals surface area contributed by atoms with E-state index >= 15 is 0 Å². The molecule has 0 aromatic heterocycles. The van der Waals surface area contributed by atoms with E-state index < -0.39 is 32.9 Å². The van der Waals surface area contributed by atoms with E-state index in [9.17, 15) is 28.1 Å². The van der Waals surface area contributed by atoms with Gasteiger partial charge in [0.25, 0.3) is 11.6 Å². The minimum atomic E-state index is -3.76. The number of non-ortho nitro benzene ring substituents is 1. The Kier molecular flexibility index (Phi) is 7.02. The number of carbonyl (C=O) groups excluding carboxylic acids is 2. The van der Waals surface area contributed by atoms with Gasteiger partial charge in [0.15, 0.2) is 6.10 Å². The molecule has 0 bridgehead atoms. The van der Waals surface area contributed by atoms with Gasteiger partial charge in [-0.25, -0.2) is 18.4 Å². The van der Waals surface area contributed by atoms with Crippen LogP contribution in [0.1, 0.15) is 22.8 Å². The maximum absolute atomic E-state index is 12.1. The summed E-state index contributed by atoms with van der Waals surface area (Å²) < 4.78 is 27.5. The van der Waals surface area contributed by atoms with E-state index in [-0.39, 0.29) is 22.7 Å². The highest BCUT2D eigenvalue weighted by molar-refractivity contribution is 7.89. The number of primary sulfonamides is 1. The van der Waals surface area contributed by atoms with Gasteiger partial charge in [-0.1, -0.05) is 12.1 Å². The number of ether oxygens (including phenoxy) is 1. The van der Waals surface area contributed by atoms with Crippen LogP contribution >= 0.6 is 0 Å². The maximum atomic E-state index is 12.1. The first kappa shape index (κ1) is 22.0. The molecule has 1 unspecified atom stereocenters. The minimum Gasteiger partial charge on any atom is -0.449 e. The summed E-state index contributed by atoms with van der Waals surface area (Å²) in [4.78, 5) is 34.1. The molecule has 0 radical (unpaired) electrons. The van der Waals surface area contributed by atoms with Crippen molar-refractivity contribution in [2.24, 2.45) is 5.14 Å². The van der Waals surface area contributed by atoms with Crippen LogP contribution in [0.2, 0.25) is 0 Å². The van der Waals surface area contributed by atoms with Crippen LogP contribution < -0.4 is 10.5 Å². The number of esters is 1. The molecule has 2 rings (SSSR count). The van der Waals surface area contributed by atoms with Crippen LogP contribution in [0.25, 0.3) is 0 Å². The van der Waals surface area contributed by atoms with Crippen molar-refractivity contribution in [3.05, 3.63) is 69.8 Å². The number of hydrogen-bond donors (Lipinski definition) is 2. The summed E-state index contributed by atoms with van der Waals surface area (Å²) in [6, 6.07) is 10.8. The number of nitrogens with one attached hydrogen (secondary N) is 1. The van der Waals surface area contributed by atoms with Crippen LogP contribution in [0.5, 0.6) is 0 Å². The van der Waals surface area contributed by atoms with Gasteiger partial charge in [-0.05, 0) is 43.2 Å². The summed E-state index contributed by atoms with van der Waals surface area (Å²) in [5, 5.41) is 18.3. The fourth-order valence-electron chi connectivity index (χ4n) is 2.32. The second-order valence-electron chi connectivity index (χ2n) is 6.08. The van der Waals surface area contributed by atoms with Crippen molar-refractivity contribution in [1.29, 1.82) is 0 Å². The highest BCUT2D eigenvalue weighted by atomic mass is 32.2. The van der Waals surface area contributed by atoms with Crippen molar-refractivity contribution in [2.45, 2.75) is 24.3 Å². The standard InChI is InChI=1S/C18H19N3O7S/c1-12(28-18(23)14-4-6-15(7-5-14)21(24)25)17(22)20-11-10-13-2-8-16(9-3-13)29(19,26)27/h2-9,12H,10-11H2,1H3,(H,20,22)(H2,19,26,27). The summed E-state index contributed by atoms with van der Waals surface area (Å²) in [6.45, 7) is 1.65. The first-order valence-corrected chi connectivity index (χ1v) is 9.97. The number of benzene rings is 2. The van der Waals surface area contributed by atoms with Crippen LogP contribution in [0.4, 0.5) is 5.69 Å². The largest absolute Gasteiger partial charge is 0.449 e. The maximum Gasteiger partial charge on any atom is 0.338 e. The summed E-state index contributed by atoms with van der Waals surface area (Å²) in [6.07, 6.45) is -0.637. The summed E-state index contributed by atoms with van der Waals surface area (Å²) in [5.41, 5.74) is 0.711. The van der Waals surface area contributed by atoms with Crippen LogP contribution in [0.15, 0.2) is 53.4 Å². The fraction of sp³-hybridized carbons (Fsp3) is 0.222. The van der Waals surface area contributed by atoms with Crippen molar-refractivity contribution in [2.75, 3.05) is 6.54 Å². The van der Waals surface area contributed by atoms with Gasteiger partial charge in [-0.2, -0.15) is 0 Å². The Morgan fingerprint density at radius 2 is 1.72 bits per heavy atom. The number of hydrogen-bond acceptors (Lipinski definition) is 7. The molecule has 2 aromatic carbocycles. The molecule has 0 aliphatic rings. The first-order valence-electron chi connectivity index (χ1n) is 8.43. The molecular formula is C18H19N3O7S. The van der Waals surface area contributed by atoms with Crippen molar-refractivity contribution < 1.29 is 27.7 Å². The van der Waals surface area contributed by atoms with Crippen molar-refractivity contribution in [3.63, 3.8) is 0 Å². The van der Waals surface area contributed by atoms with E-state index in [1.165, 1.54) is 43.3 Å². The zero-order valence-electron chi connectivity index (χ0n) is 15.4. The molecule has 1 amide bonds. The zero-order valence-corrected chi connectivity index (χ0v) is 16.2. The number of amides is 1. The second kappa shape index (κ2) is 9.26. The molecule has 0 saturated heterocycles. The molecule has 0 saturated carbocycles. The molecule has 0 aliphatic heterocycles. The van der Waals surface area contributed by atoms with Gasteiger partial charge >= 0.3 is 5.97 Å². The summed E-state index contributed by atoms with van der Waals surface area (Å²) in [7, 11) is -3.76. The van der Waals surface area contributed by atoms with Gasteiger partial charge in [-0.3, -0.25) is 14.9 Å². The highest BCUT2D eigenvalue weighted by Crippen LogP contribution is 2.13. The molecule has 29 heavy (non-hydrogen) atoms. The average molecular weight is 421 g/mol. The Balaban J connectivity index is 1.82. The van der Waals surface area contributed by atoms with Gasteiger partial charge in [0.2, 0.25) is 10.0 Å². The molecule has 0 spiro atoms. The lowest BCUT2D eigenvalue weighted by molar-refractivity contribution is -0.384. The van der Waals surface area contributed by atoms with Crippen LogP contribution in [0.3, 0.4) is 0 Å². The van der Waals surface area contributed by atoms with Gasteiger partial charge in [0, 0.05) is 18.7 Å². The number of nitrogens with zero attached hydrogens (tertiary/aromatic N) is 1. The first-order chi connectivity index (χ1) is 13.6. The number of sulfonamides is 1. The van der Waals surface area contributed by atoms with Gasteiger partial charge in [0.05, 0.1) is 15.4 Å². The molecule has 154 valence electrons. The van der Waals surface area contributed by atoms with E-state index in [4.69, 9.17) is 9.88 Å². The lowest BCUT2D eigenvalue weighted by atomic mass is 10.1. The third-order valence-corrected chi connectivity index (χ3v) is 4.86. The predicted molar refractivity (Wildman–Crippen MR) is 103 cm³/mol. The van der Waals surface area contributed by atoms with Crippen LogP contribution in [-0.4, -0.2) is 37.9 Å². The molecular weight excluding hydrogens is 402 g/mol. The van der Waals surface area contributed by atoms with Crippen molar-refractivity contribution >= 4 is 27.6 Å². The molecule has 10 nitrogen and oxygen atoms in total. The topological polar surface area (TPSA) is 159 Å². The number of nitro groups is 1. The normalized spacial score (nSPS) is 12.1. The van der Waals surface area contributed by atoms with Crippen molar-refractivity contribution in [1.82, 2.24) is 5.32 Å². The third-order valence-electron chi connectivity index (χ3n) is 3.93. The smallest absolute Gasteiger partial charge is 0.338 e. The number of nitro benzene ring substituents is 1. The van der Waals surface area contributed by atoms with Gasteiger partial charge in [-0.15, -0.1) is 0 Å². The third kappa shape index (κ3) is 6.36. The van der Waals surface area contributed by atoms with Crippen LogP contribution in [-0.2, 0) is 26.0 Å². The molecule has 3 N–H and O–H groups in total. The van der Waals surface area contributed by atoms with Crippen LogP contribution in [0, 0.1) is 10.1 Å². The molecule has 0 heterocycles. The molecule has 0 aliphatic carbocycles. The molecule has 2 aromatic rings. The highest BCUT2D eigenvalue weighted by Gasteiger charge is 2.19. The Morgan fingerprint density at radius 3 is 2.24 bits per heavy atom. The molecule has 0 fully saturated rings. The van der Waals surface area contributed by atoms with Crippen molar-refractivity contribution in [3.8, 4) is 0 Å². The lowest BCUT2D eigenvalue weighted by Crippen LogP contribution is -2.36. The Morgan fingerprint density at radius 1 is 1.14 bits per heavy atom. The van der Waals surface area contributed by atoms with Gasteiger partial charge < -0.3 is 10.1 Å². The molecule has 11 heteroatoms. The summed E-state index contributed by atoms with van der Waals surface area (Å²) >= 11 is 0. The van der Waals surface area contributed by atoms with E-state index in [2.05, 4.69) is 5.32 Å². The number of carbonyl (C=O) groups is 2. The van der Waals surface area contributed by atoms with E-state index in [1.54, 1.807) is 12.1 Å². The SMILES string of the molecule is CC(OC(=O)c1ccc([N+](=O)[O-])cc1)C(=O)NCCc1ccc(S(N)(=O)=O)cc1. The molecule has 1 atom stereocenters. The predicted octanol–water partition coefficient (Wildman–Crippen LogP) is 1.15. The minimum absolute atomic E-state index is 0.00272. The number of nitrogens with two attached hydrogens (primary N) is 1. The van der Waals surface area contributed by atoms with E-state index in [0.29, 0.717) is 6.42 Å². The Labute approximate surface area is 166 Å².